The number of piperazine rings is 1. The Hall–Kier alpha value is -3.32. The number of hydrogen-bond donors (Lipinski definition) is 1. The van der Waals surface area contributed by atoms with Gasteiger partial charge in [-0.25, -0.2) is 0 Å². The number of hydrogen-bond acceptors (Lipinski definition) is 5. The molecular weight excluding hydrogens is 406 g/mol. The number of rotatable bonds is 3. The smallest absolute Gasteiger partial charge is 0.286 e. The summed E-state index contributed by atoms with van der Waals surface area (Å²) in [6.07, 6.45) is 3.64. The van der Waals surface area contributed by atoms with Crippen molar-refractivity contribution in [1.29, 1.82) is 0 Å². The van der Waals surface area contributed by atoms with Gasteiger partial charge in [-0.05, 0) is 36.4 Å². The Morgan fingerprint density at radius 2 is 1.68 bits per heavy atom. The van der Waals surface area contributed by atoms with Gasteiger partial charge in [0.2, 0.25) is 0 Å². The van der Waals surface area contributed by atoms with E-state index in [1.807, 2.05) is 36.4 Å². The molecule has 0 aliphatic carbocycles. The Morgan fingerprint density at radius 3 is 2.45 bits per heavy atom. The molecule has 2 aliphatic heterocycles. The third kappa shape index (κ3) is 4.01. The minimum absolute atomic E-state index is 0.179. The zero-order chi connectivity index (χ0) is 21.2. The molecule has 31 heavy (non-hydrogen) atoms. The summed E-state index contributed by atoms with van der Waals surface area (Å²) in [5, 5.41) is 8.01. The molecule has 3 heterocycles. The largest absolute Gasteiger partial charge is 0.368 e. The van der Waals surface area contributed by atoms with Gasteiger partial charge in [0.25, 0.3) is 5.91 Å². The van der Waals surface area contributed by atoms with Gasteiger partial charge in [-0.3, -0.25) is 9.89 Å². The molecular formula is C24H23N5OS. The number of aromatic amines is 1. The number of nitrogens with zero attached hydrogens (tertiary/aromatic N) is 4. The quantitative estimate of drug-likeness (QED) is 0.633. The van der Waals surface area contributed by atoms with Crippen molar-refractivity contribution >= 4 is 34.6 Å². The van der Waals surface area contributed by atoms with E-state index >= 15 is 0 Å². The Kier molecular flexibility index (Phi) is 5.34. The maximum atomic E-state index is 12.6. The zero-order valence-electron chi connectivity index (χ0n) is 17.3. The molecule has 0 atom stereocenters. The summed E-state index contributed by atoms with van der Waals surface area (Å²) in [5.74, 6) is -0.179. The fraction of sp³-hybridized carbons (Fsp3) is 0.208. The number of aryl methyl sites for hydroxylation is 1. The van der Waals surface area contributed by atoms with Crippen molar-refractivity contribution in [3.05, 3.63) is 76.8 Å². The van der Waals surface area contributed by atoms with Crippen LogP contribution >= 0.6 is 11.8 Å². The van der Waals surface area contributed by atoms with E-state index in [9.17, 15) is 4.79 Å². The van der Waals surface area contributed by atoms with Crippen LogP contribution in [0, 0.1) is 6.92 Å². The van der Waals surface area contributed by atoms with Crippen molar-refractivity contribution in [3.8, 4) is 11.3 Å². The second-order valence-corrected chi connectivity index (χ2v) is 8.65. The molecule has 0 radical (unpaired) electrons. The summed E-state index contributed by atoms with van der Waals surface area (Å²) in [6, 6.07) is 18.5. The van der Waals surface area contributed by atoms with Gasteiger partial charge in [0.15, 0.2) is 5.17 Å². The molecule has 1 fully saturated rings. The van der Waals surface area contributed by atoms with Crippen LogP contribution in [0.15, 0.2) is 70.7 Å². The zero-order valence-corrected chi connectivity index (χ0v) is 18.1. The summed E-state index contributed by atoms with van der Waals surface area (Å²) in [4.78, 5) is 22.2. The fourth-order valence-corrected chi connectivity index (χ4v) is 4.93. The van der Waals surface area contributed by atoms with Crippen LogP contribution in [0.5, 0.6) is 0 Å². The lowest BCUT2D eigenvalue weighted by Crippen LogP contribution is -2.48. The Labute approximate surface area is 185 Å². The van der Waals surface area contributed by atoms with Crippen LogP contribution in [0.2, 0.25) is 0 Å². The van der Waals surface area contributed by atoms with Gasteiger partial charge in [-0.1, -0.05) is 48.5 Å². The highest BCUT2D eigenvalue weighted by atomic mass is 32.2. The lowest BCUT2D eigenvalue weighted by Gasteiger charge is -2.37. The first kappa shape index (κ1) is 19.6. The Balaban J connectivity index is 1.28. The van der Waals surface area contributed by atoms with Crippen LogP contribution in [-0.4, -0.2) is 52.4 Å². The molecule has 156 valence electrons. The molecule has 3 aromatic rings. The summed E-state index contributed by atoms with van der Waals surface area (Å²) in [6.45, 7) is 5.67. The highest BCUT2D eigenvalue weighted by Crippen LogP contribution is 2.33. The number of anilines is 1. The predicted molar refractivity (Wildman–Crippen MR) is 127 cm³/mol. The molecule has 0 saturated carbocycles. The number of amides is 1. The first-order valence-electron chi connectivity index (χ1n) is 10.4. The normalized spacial score (nSPS) is 18.0. The van der Waals surface area contributed by atoms with Crippen LogP contribution in [0.4, 0.5) is 5.69 Å². The average Bonchev–Trinajstić information content (AvgIpc) is 3.42. The minimum Gasteiger partial charge on any atom is -0.368 e. The van der Waals surface area contributed by atoms with Gasteiger partial charge in [0, 0.05) is 43.0 Å². The van der Waals surface area contributed by atoms with Crippen molar-refractivity contribution in [2.24, 2.45) is 4.99 Å². The summed E-state index contributed by atoms with van der Waals surface area (Å²) < 4.78 is 0. The van der Waals surface area contributed by atoms with E-state index in [0.29, 0.717) is 4.91 Å². The van der Waals surface area contributed by atoms with Crippen LogP contribution in [0.1, 0.15) is 11.1 Å². The molecule has 7 heteroatoms. The highest BCUT2D eigenvalue weighted by Gasteiger charge is 2.29. The van der Waals surface area contributed by atoms with E-state index in [1.54, 1.807) is 6.20 Å². The fourth-order valence-electron chi connectivity index (χ4n) is 3.97. The maximum Gasteiger partial charge on any atom is 0.286 e. The van der Waals surface area contributed by atoms with Crippen molar-refractivity contribution < 1.29 is 4.79 Å². The SMILES string of the molecule is Cc1ccccc1N1CCN(C2=NC(=O)C(=Cc3cn[nH]c3-c3ccccc3)S2)CC1. The van der Waals surface area contributed by atoms with Crippen molar-refractivity contribution in [3.63, 3.8) is 0 Å². The first-order valence-corrected chi connectivity index (χ1v) is 11.2. The molecule has 2 aromatic carbocycles. The van der Waals surface area contributed by atoms with E-state index in [2.05, 4.69) is 56.2 Å². The van der Waals surface area contributed by atoms with Crippen LogP contribution in [-0.2, 0) is 4.79 Å². The minimum atomic E-state index is -0.179. The van der Waals surface area contributed by atoms with Crippen molar-refractivity contribution in [1.82, 2.24) is 15.1 Å². The van der Waals surface area contributed by atoms with Gasteiger partial charge in [-0.15, -0.1) is 0 Å². The monoisotopic (exact) mass is 429 g/mol. The molecule has 1 N–H and O–H groups in total. The van der Waals surface area contributed by atoms with Gasteiger partial charge >= 0.3 is 0 Å². The number of benzene rings is 2. The topological polar surface area (TPSA) is 64.6 Å². The molecule has 0 unspecified atom stereocenters. The Morgan fingerprint density at radius 1 is 0.968 bits per heavy atom. The predicted octanol–water partition coefficient (Wildman–Crippen LogP) is 4.18. The van der Waals surface area contributed by atoms with E-state index in [-0.39, 0.29) is 5.91 Å². The number of thioether (sulfide) groups is 1. The number of amidine groups is 1. The van der Waals surface area contributed by atoms with Crippen LogP contribution < -0.4 is 4.90 Å². The van der Waals surface area contributed by atoms with Gasteiger partial charge in [0.05, 0.1) is 16.8 Å². The molecule has 0 bridgehead atoms. The third-order valence-electron chi connectivity index (χ3n) is 5.63. The number of aliphatic imine (C=N–C) groups is 1. The molecule has 5 rings (SSSR count). The lowest BCUT2D eigenvalue weighted by atomic mass is 10.1. The molecule has 1 saturated heterocycles. The van der Waals surface area contributed by atoms with Gasteiger partial charge < -0.3 is 9.80 Å². The van der Waals surface area contributed by atoms with E-state index in [4.69, 9.17) is 0 Å². The lowest BCUT2D eigenvalue weighted by molar-refractivity contribution is -0.113. The first-order chi connectivity index (χ1) is 15.2. The number of carbonyl (C=O) groups excluding carboxylic acids is 1. The molecule has 1 aromatic heterocycles. The Bertz CT molecular complexity index is 1160. The summed E-state index contributed by atoms with van der Waals surface area (Å²) >= 11 is 1.45. The molecule has 6 nitrogen and oxygen atoms in total. The van der Waals surface area contributed by atoms with E-state index < -0.39 is 0 Å². The maximum absolute atomic E-state index is 12.6. The average molecular weight is 430 g/mol. The van der Waals surface area contributed by atoms with Crippen molar-refractivity contribution in [2.75, 3.05) is 31.1 Å². The number of carbonyl (C=O) groups is 1. The van der Waals surface area contributed by atoms with Gasteiger partial charge in [0.1, 0.15) is 0 Å². The third-order valence-corrected chi connectivity index (χ3v) is 6.68. The molecule has 0 spiro atoms. The summed E-state index contributed by atoms with van der Waals surface area (Å²) in [5.41, 5.74) is 5.41. The number of para-hydroxylation sites is 1. The van der Waals surface area contributed by atoms with Gasteiger partial charge in [-0.2, -0.15) is 10.1 Å². The van der Waals surface area contributed by atoms with E-state index in [1.165, 1.54) is 23.0 Å². The van der Waals surface area contributed by atoms with Crippen LogP contribution in [0.3, 0.4) is 0 Å². The number of nitrogens with one attached hydrogen (secondary N) is 1. The van der Waals surface area contributed by atoms with E-state index in [0.717, 1.165) is 48.2 Å². The molecule has 1 amide bonds. The van der Waals surface area contributed by atoms with Crippen molar-refractivity contribution in [2.45, 2.75) is 6.92 Å². The summed E-state index contributed by atoms with van der Waals surface area (Å²) in [7, 11) is 0. The number of aromatic nitrogens is 2. The standard InChI is InChI=1S/C24H23N5OS/c1-17-7-5-6-10-20(17)28-11-13-29(14-12-28)24-26-23(30)21(31-24)15-19-16-25-27-22(19)18-8-3-2-4-9-18/h2-10,15-16H,11-14H2,1H3,(H,25,27). The highest BCUT2D eigenvalue weighted by molar-refractivity contribution is 8.18. The second kappa shape index (κ2) is 8.43. The van der Waals surface area contributed by atoms with Crippen LogP contribution in [0.25, 0.3) is 17.3 Å². The number of H-pyrrole nitrogens is 1. The molecule has 2 aliphatic rings. The second-order valence-electron chi connectivity index (χ2n) is 7.64.